The van der Waals surface area contributed by atoms with E-state index in [2.05, 4.69) is 5.16 Å². The number of fused-ring (bicyclic) bond motifs is 1. The zero-order chi connectivity index (χ0) is 14.7. The van der Waals surface area contributed by atoms with Crippen molar-refractivity contribution in [1.29, 1.82) is 0 Å². The van der Waals surface area contributed by atoms with Gasteiger partial charge in [0, 0.05) is 23.9 Å². The molecular weight excluding hydrogens is 288 g/mol. The molecule has 1 amide bonds. The fourth-order valence-corrected chi connectivity index (χ4v) is 2.87. The topological polar surface area (TPSA) is 46.3 Å². The minimum atomic E-state index is 0.129. The van der Waals surface area contributed by atoms with Gasteiger partial charge in [-0.3, -0.25) is 4.79 Å². The third kappa shape index (κ3) is 3.05. The van der Waals surface area contributed by atoms with Crippen LogP contribution in [0.25, 0.3) is 11.0 Å². The Bertz CT molecular complexity index is 622. The number of rotatable bonds is 6. The molecule has 1 aromatic carbocycles. The zero-order valence-corrected chi connectivity index (χ0v) is 12.7. The van der Waals surface area contributed by atoms with Gasteiger partial charge in [-0.25, -0.2) is 0 Å². The SMILES string of the molecule is O=C(Cc1noc2ccccc12)N(CCCCl)C1CCC1. The molecule has 0 N–H and O–H groups in total. The van der Waals surface area contributed by atoms with Crippen LogP contribution in [0.15, 0.2) is 28.8 Å². The van der Waals surface area contributed by atoms with Crippen LogP contribution in [0.4, 0.5) is 0 Å². The van der Waals surface area contributed by atoms with Gasteiger partial charge in [0.1, 0.15) is 5.69 Å². The van der Waals surface area contributed by atoms with E-state index in [1.54, 1.807) is 0 Å². The Morgan fingerprint density at radius 2 is 2.19 bits per heavy atom. The Labute approximate surface area is 129 Å². The first-order valence-corrected chi connectivity index (χ1v) is 8.02. The predicted molar refractivity (Wildman–Crippen MR) is 82.4 cm³/mol. The van der Waals surface area contributed by atoms with Gasteiger partial charge in [-0.05, 0) is 37.8 Å². The Morgan fingerprint density at radius 1 is 1.38 bits per heavy atom. The molecule has 1 aliphatic rings. The Morgan fingerprint density at radius 3 is 2.90 bits per heavy atom. The molecule has 5 heteroatoms. The number of aromatic nitrogens is 1. The van der Waals surface area contributed by atoms with E-state index in [0.717, 1.165) is 42.5 Å². The standard InChI is InChI=1S/C16H19ClN2O2/c17-9-4-10-19(12-5-3-6-12)16(20)11-14-13-7-1-2-8-15(13)21-18-14/h1-2,7-8,12H,3-6,9-11H2. The average Bonchev–Trinajstić information content (AvgIpc) is 2.84. The van der Waals surface area contributed by atoms with Crippen molar-refractivity contribution in [2.24, 2.45) is 0 Å². The predicted octanol–water partition coefficient (Wildman–Crippen LogP) is 3.38. The number of hydrogen-bond acceptors (Lipinski definition) is 3. The maximum absolute atomic E-state index is 12.6. The number of nitrogens with zero attached hydrogens (tertiary/aromatic N) is 2. The van der Waals surface area contributed by atoms with Crippen LogP contribution >= 0.6 is 11.6 Å². The van der Waals surface area contributed by atoms with E-state index in [0.29, 0.717) is 18.3 Å². The molecule has 112 valence electrons. The van der Waals surface area contributed by atoms with Crippen molar-refractivity contribution in [2.45, 2.75) is 38.1 Å². The van der Waals surface area contributed by atoms with Gasteiger partial charge in [0.25, 0.3) is 0 Å². The smallest absolute Gasteiger partial charge is 0.228 e. The number of carbonyl (C=O) groups excluding carboxylic acids is 1. The van der Waals surface area contributed by atoms with Gasteiger partial charge in [-0.2, -0.15) is 0 Å². The molecule has 1 saturated carbocycles. The van der Waals surface area contributed by atoms with Crippen molar-refractivity contribution >= 4 is 28.5 Å². The highest BCUT2D eigenvalue weighted by atomic mass is 35.5. The van der Waals surface area contributed by atoms with Crippen molar-refractivity contribution in [3.63, 3.8) is 0 Å². The lowest BCUT2D eigenvalue weighted by atomic mass is 9.91. The lowest BCUT2D eigenvalue weighted by molar-refractivity contribution is -0.134. The highest BCUT2D eigenvalue weighted by molar-refractivity contribution is 6.17. The first-order chi connectivity index (χ1) is 10.3. The van der Waals surface area contributed by atoms with Crippen LogP contribution in [0, 0.1) is 0 Å². The van der Waals surface area contributed by atoms with Crippen LogP contribution < -0.4 is 0 Å². The van der Waals surface area contributed by atoms with Gasteiger partial charge in [-0.1, -0.05) is 17.3 Å². The molecule has 1 aliphatic carbocycles. The lowest BCUT2D eigenvalue weighted by Gasteiger charge is -2.37. The van der Waals surface area contributed by atoms with Gasteiger partial charge < -0.3 is 9.42 Å². The molecule has 1 heterocycles. The second kappa shape index (κ2) is 6.48. The summed E-state index contributed by atoms with van der Waals surface area (Å²) < 4.78 is 5.27. The zero-order valence-electron chi connectivity index (χ0n) is 11.9. The quantitative estimate of drug-likeness (QED) is 0.769. The number of halogens is 1. The Balaban J connectivity index is 1.73. The van der Waals surface area contributed by atoms with Crippen molar-refractivity contribution in [3.8, 4) is 0 Å². The summed E-state index contributed by atoms with van der Waals surface area (Å²) in [5, 5.41) is 4.98. The largest absolute Gasteiger partial charge is 0.356 e. The van der Waals surface area contributed by atoms with E-state index in [1.165, 1.54) is 6.42 Å². The fourth-order valence-electron chi connectivity index (χ4n) is 2.75. The van der Waals surface area contributed by atoms with Crippen LogP contribution in [0.1, 0.15) is 31.4 Å². The van der Waals surface area contributed by atoms with Gasteiger partial charge in [0.05, 0.1) is 6.42 Å². The molecule has 0 spiro atoms. The van der Waals surface area contributed by atoms with E-state index < -0.39 is 0 Å². The van der Waals surface area contributed by atoms with E-state index in [-0.39, 0.29) is 5.91 Å². The Hall–Kier alpha value is -1.55. The number of carbonyl (C=O) groups is 1. The van der Waals surface area contributed by atoms with E-state index in [4.69, 9.17) is 16.1 Å². The molecule has 0 atom stereocenters. The van der Waals surface area contributed by atoms with Crippen LogP contribution in [-0.4, -0.2) is 34.4 Å². The van der Waals surface area contributed by atoms with Crippen LogP contribution in [-0.2, 0) is 11.2 Å². The third-order valence-electron chi connectivity index (χ3n) is 4.14. The summed E-state index contributed by atoms with van der Waals surface area (Å²) in [6.45, 7) is 0.739. The number of alkyl halides is 1. The van der Waals surface area contributed by atoms with Crippen LogP contribution in [0.2, 0.25) is 0 Å². The number of benzene rings is 1. The molecule has 1 aromatic heterocycles. The molecule has 0 saturated heterocycles. The third-order valence-corrected chi connectivity index (χ3v) is 4.41. The van der Waals surface area contributed by atoms with Crippen LogP contribution in [0.3, 0.4) is 0 Å². The monoisotopic (exact) mass is 306 g/mol. The Kier molecular flexibility index (Phi) is 4.44. The van der Waals surface area contributed by atoms with Crippen molar-refractivity contribution in [3.05, 3.63) is 30.0 Å². The molecule has 1 fully saturated rings. The summed E-state index contributed by atoms with van der Waals surface area (Å²) in [5.41, 5.74) is 1.46. The first-order valence-electron chi connectivity index (χ1n) is 7.48. The molecule has 0 bridgehead atoms. The maximum Gasteiger partial charge on any atom is 0.228 e. The lowest BCUT2D eigenvalue weighted by Crippen LogP contribution is -2.45. The fraction of sp³-hybridized carbons (Fsp3) is 0.500. The van der Waals surface area contributed by atoms with E-state index in [1.807, 2.05) is 29.2 Å². The summed E-state index contributed by atoms with van der Waals surface area (Å²) in [6, 6.07) is 8.04. The highest BCUT2D eigenvalue weighted by Crippen LogP contribution is 2.26. The number of para-hydroxylation sites is 1. The normalized spacial score (nSPS) is 15.1. The second-order valence-electron chi connectivity index (χ2n) is 5.52. The second-order valence-corrected chi connectivity index (χ2v) is 5.89. The van der Waals surface area contributed by atoms with Crippen molar-refractivity contribution < 1.29 is 9.32 Å². The van der Waals surface area contributed by atoms with Gasteiger partial charge in [0.15, 0.2) is 5.58 Å². The molecule has 3 rings (SSSR count). The molecule has 4 nitrogen and oxygen atoms in total. The van der Waals surface area contributed by atoms with Crippen molar-refractivity contribution in [2.75, 3.05) is 12.4 Å². The summed E-state index contributed by atoms with van der Waals surface area (Å²) in [6.07, 6.45) is 4.56. The van der Waals surface area contributed by atoms with E-state index >= 15 is 0 Å². The summed E-state index contributed by atoms with van der Waals surface area (Å²) in [4.78, 5) is 14.6. The van der Waals surface area contributed by atoms with Gasteiger partial charge >= 0.3 is 0 Å². The summed E-state index contributed by atoms with van der Waals surface area (Å²) >= 11 is 5.77. The average molecular weight is 307 g/mol. The minimum Gasteiger partial charge on any atom is -0.356 e. The number of hydrogen-bond donors (Lipinski definition) is 0. The molecule has 0 radical (unpaired) electrons. The summed E-state index contributed by atoms with van der Waals surface area (Å²) in [5.74, 6) is 0.715. The molecule has 21 heavy (non-hydrogen) atoms. The van der Waals surface area contributed by atoms with Gasteiger partial charge in [-0.15, -0.1) is 11.6 Å². The maximum atomic E-state index is 12.6. The molecule has 0 unspecified atom stereocenters. The molecular formula is C16H19ClN2O2. The first kappa shape index (κ1) is 14.4. The summed E-state index contributed by atoms with van der Waals surface area (Å²) in [7, 11) is 0. The molecule has 2 aromatic rings. The minimum absolute atomic E-state index is 0.129. The van der Waals surface area contributed by atoms with E-state index in [9.17, 15) is 4.79 Å². The van der Waals surface area contributed by atoms with Crippen molar-refractivity contribution in [1.82, 2.24) is 10.1 Å². The van der Waals surface area contributed by atoms with Gasteiger partial charge in [0.2, 0.25) is 5.91 Å². The highest BCUT2D eigenvalue weighted by Gasteiger charge is 2.29. The number of amides is 1. The molecule has 0 aliphatic heterocycles. The van der Waals surface area contributed by atoms with Crippen LogP contribution in [0.5, 0.6) is 0 Å².